The maximum atomic E-state index is 12.4. The van der Waals surface area contributed by atoms with E-state index >= 15 is 0 Å². The highest BCUT2D eigenvalue weighted by atomic mass is 16.5. The van der Waals surface area contributed by atoms with Gasteiger partial charge in [0.1, 0.15) is 11.9 Å². The van der Waals surface area contributed by atoms with Crippen molar-refractivity contribution in [2.24, 2.45) is 0 Å². The maximum absolute atomic E-state index is 12.4. The van der Waals surface area contributed by atoms with Crippen molar-refractivity contribution < 1.29 is 14.3 Å². The van der Waals surface area contributed by atoms with Crippen LogP contribution in [0.5, 0.6) is 0 Å². The van der Waals surface area contributed by atoms with Gasteiger partial charge in [-0.15, -0.1) is 0 Å². The predicted molar refractivity (Wildman–Crippen MR) is 114 cm³/mol. The van der Waals surface area contributed by atoms with Gasteiger partial charge in [0.2, 0.25) is 5.91 Å². The van der Waals surface area contributed by atoms with Crippen LogP contribution in [0.2, 0.25) is 0 Å². The fourth-order valence-corrected chi connectivity index (χ4v) is 3.74. The highest BCUT2D eigenvalue weighted by Crippen LogP contribution is 2.23. The zero-order valence-electron chi connectivity index (χ0n) is 17.4. The molecular weight excluding hydrogens is 382 g/mol. The summed E-state index contributed by atoms with van der Waals surface area (Å²) in [4.78, 5) is 25.6. The molecule has 1 amide bonds. The summed E-state index contributed by atoms with van der Waals surface area (Å²) in [6, 6.07) is 9.86. The Morgan fingerprint density at radius 3 is 2.80 bits per heavy atom. The third-order valence-corrected chi connectivity index (χ3v) is 5.43. The second-order valence-corrected chi connectivity index (χ2v) is 7.66. The minimum atomic E-state index is -0.0802. The number of rotatable bonds is 6. The number of nitrogens with zero attached hydrogens (tertiary/aromatic N) is 4. The summed E-state index contributed by atoms with van der Waals surface area (Å²) < 4.78 is 11.3. The SMILES string of the molecule is Cc1cccc(Nc2ccc(C3CN(CCC(=O)N4CCOCC4)CCO3)nc2)n1. The van der Waals surface area contributed by atoms with Gasteiger partial charge in [-0.05, 0) is 31.2 Å². The smallest absolute Gasteiger partial charge is 0.224 e. The molecule has 30 heavy (non-hydrogen) atoms. The maximum Gasteiger partial charge on any atom is 0.224 e. The number of nitrogens with one attached hydrogen (secondary N) is 1. The molecule has 8 nitrogen and oxygen atoms in total. The summed E-state index contributed by atoms with van der Waals surface area (Å²) in [5.74, 6) is 1.01. The average Bonchev–Trinajstić information content (AvgIpc) is 2.79. The molecule has 0 saturated carbocycles. The summed E-state index contributed by atoms with van der Waals surface area (Å²) in [7, 11) is 0. The first-order valence-corrected chi connectivity index (χ1v) is 10.5. The standard InChI is InChI=1S/C22H29N5O3/c1-17-3-2-4-21(24-17)25-18-5-6-19(23-15-18)20-16-26(9-14-30-20)8-7-22(28)27-10-12-29-13-11-27/h2-6,15,20H,7-14,16H2,1H3,(H,24,25). The number of hydrogen-bond donors (Lipinski definition) is 1. The lowest BCUT2D eigenvalue weighted by Gasteiger charge is -2.33. The molecule has 1 atom stereocenters. The van der Waals surface area contributed by atoms with Crippen molar-refractivity contribution in [1.82, 2.24) is 19.8 Å². The highest BCUT2D eigenvalue weighted by Gasteiger charge is 2.24. The molecule has 0 radical (unpaired) electrons. The Bertz CT molecular complexity index is 839. The van der Waals surface area contributed by atoms with Crippen LogP contribution in [0.4, 0.5) is 11.5 Å². The molecule has 2 fully saturated rings. The molecule has 2 aliphatic heterocycles. The molecule has 4 rings (SSSR count). The molecule has 1 N–H and O–H groups in total. The van der Waals surface area contributed by atoms with E-state index in [1.807, 2.05) is 48.4 Å². The van der Waals surface area contributed by atoms with E-state index in [1.165, 1.54) is 0 Å². The fraction of sp³-hybridized carbons (Fsp3) is 0.500. The number of hydrogen-bond acceptors (Lipinski definition) is 7. The first-order chi connectivity index (χ1) is 14.7. The molecule has 0 bridgehead atoms. The van der Waals surface area contributed by atoms with Crippen molar-refractivity contribution in [3.05, 3.63) is 47.9 Å². The summed E-state index contributed by atoms with van der Waals surface area (Å²) in [5.41, 5.74) is 2.76. The Morgan fingerprint density at radius 1 is 1.17 bits per heavy atom. The molecule has 160 valence electrons. The normalized spacial score (nSPS) is 20.2. The molecule has 2 aromatic rings. The quantitative estimate of drug-likeness (QED) is 0.780. The fourth-order valence-electron chi connectivity index (χ4n) is 3.74. The lowest BCUT2D eigenvalue weighted by Crippen LogP contribution is -2.44. The zero-order chi connectivity index (χ0) is 20.8. The molecule has 8 heteroatoms. The second-order valence-electron chi connectivity index (χ2n) is 7.66. The van der Waals surface area contributed by atoms with E-state index in [0.717, 1.165) is 42.5 Å². The van der Waals surface area contributed by atoms with Crippen LogP contribution in [0.1, 0.15) is 23.9 Å². The van der Waals surface area contributed by atoms with Crippen LogP contribution in [0.15, 0.2) is 36.5 Å². The summed E-state index contributed by atoms with van der Waals surface area (Å²) >= 11 is 0. The molecular formula is C22H29N5O3. The number of ether oxygens (including phenoxy) is 2. The van der Waals surface area contributed by atoms with Gasteiger partial charge in [0.15, 0.2) is 0 Å². The van der Waals surface area contributed by atoms with Gasteiger partial charge in [-0.25, -0.2) is 4.98 Å². The second kappa shape index (κ2) is 9.97. The van der Waals surface area contributed by atoms with Gasteiger partial charge < -0.3 is 19.7 Å². The van der Waals surface area contributed by atoms with Gasteiger partial charge in [0.05, 0.1) is 37.4 Å². The van der Waals surface area contributed by atoms with Crippen molar-refractivity contribution in [3.8, 4) is 0 Å². The van der Waals surface area contributed by atoms with Crippen molar-refractivity contribution in [1.29, 1.82) is 0 Å². The lowest BCUT2D eigenvalue weighted by molar-refractivity contribution is -0.136. The molecule has 0 spiro atoms. The number of morpholine rings is 2. The Labute approximate surface area is 177 Å². The Balaban J connectivity index is 1.29. The van der Waals surface area contributed by atoms with E-state index in [2.05, 4.69) is 20.2 Å². The lowest BCUT2D eigenvalue weighted by atomic mass is 10.1. The molecule has 4 heterocycles. The third-order valence-electron chi connectivity index (χ3n) is 5.43. The number of carbonyl (C=O) groups excluding carboxylic acids is 1. The Kier molecular flexibility index (Phi) is 6.88. The molecule has 1 unspecified atom stereocenters. The first kappa shape index (κ1) is 20.7. The van der Waals surface area contributed by atoms with E-state index in [9.17, 15) is 4.79 Å². The zero-order valence-corrected chi connectivity index (χ0v) is 17.4. The average molecular weight is 412 g/mol. The van der Waals surface area contributed by atoms with Gasteiger partial charge in [-0.3, -0.25) is 14.7 Å². The van der Waals surface area contributed by atoms with Gasteiger partial charge in [0, 0.05) is 44.8 Å². The first-order valence-electron chi connectivity index (χ1n) is 10.5. The summed E-state index contributed by atoms with van der Waals surface area (Å²) in [6.07, 6.45) is 2.26. The minimum absolute atomic E-state index is 0.0802. The van der Waals surface area contributed by atoms with E-state index in [4.69, 9.17) is 9.47 Å². The van der Waals surface area contributed by atoms with Crippen LogP contribution in [0.25, 0.3) is 0 Å². The summed E-state index contributed by atoms with van der Waals surface area (Å²) in [5, 5.41) is 3.27. The molecule has 2 aliphatic rings. The van der Waals surface area contributed by atoms with Crippen LogP contribution in [0, 0.1) is 6.92 Å². The van der Waals surface area contributed by atoms with Crippen molar-refractivity contribution in [2.45, 2.75) is 19.4 Å². The van der Waals surface area contributed by atoms with Gasteiger partial charge in [0.25, 0.3) is 0 Å². The topological polar surface area (TPSA) is 79.8 Å². The van der Waals surface area contributed by atoms with Gasteiger partial charge >= 0.3 is 0 Å². The van der Waals surface area contributed by atoms with E-state index in [1.54, 1.807) is 0 Å². The van der Waals surface area contributed by atoms with Gasteiger partial charge in [-0.2, -0.15) is 0 Å². The largest absolute Gasteiger partial charge is 0.378 e. The van der Waals surface area contributed by atoms with Crippen molar-refractivity contribution >= 4 is 17.4 Å². The van der Waals surface area contributed by atoms with E-state index in [0.29, 0.717) is 39.3 Å². The molecule has 2 saturated heterocycles. The van der Waals surface area contributed by atoms with Crippen LogP contribution in [0.3, 0.4) is 0 Å². The number of pyridine rings is 2. The Hall–Kier alpha value is -2.55. The molecule has 2 aromatic heterocycles. The predicted octanol–water partition coefficient (Wildman–Crippen LogP) is 2.15. The van der Waals surface area contributed by atoms with Crippen molar-refractivity contribution in [2.75, 3.05) is 57.9 Å². The molecule has 0 aliphatic carbocycles. The Morgan fingerprint density at radius 2 is 2.03 bits per heavy atom. The number of anilines is 2. The molecule has 0 aromatic carbocycles. The number of carbonyl (C=O) groups is 1. The van der Waals surface area contributed by atoms with Crippen molar-refractivity contribution in [3.63, 3.8) is 0 Å². The minimum Gasteiger partial charge on any atom is -0.378 e. The summed E-state index contributed by atoms with van der Waals surface area (Å²) in [6.45, 7) is 7.62. The number of aryl methyl sites for hydroxylation is 1. The van der Waals surface area contributed by atoms with E-state index in [-0.39, 0.29) is 12.0 Å². The number of amides is 1. The van der Waals surface area contributed by atoms with Gasteiger partial charge in [-0.1, -0.05) is 6.07 Å². The van der Waals surface area contributed by atoms with Crippen LogP contribution in [-0.4, -0.2) is 78.2 Å². The van der Waals surface area contributed by atoms with Crippen LogP contribution < -0.4 is 5.32 Å². The van der Waals surface area contributed by atoms with E-state index < -0.39 is 0 Å². The highest BCUT2D eigenvalue weighted by molar-refractivity contribution is 5.76. The number of aromatic nitrogens is 2. The third kappa shape index (κ3) is 5.53. The van der Waals surface area contributed by atoms with Crippen LogP contribution >= 0.6 is 0 Å². The monoisotopic (exact) mass is 411 g/mol. The van der Waals surface area contributed by atoms with Crippen LogP contribution in [-0.2, 0) is 14.3 Å².